The summed E-state index contributed by atoms with van der Waals surface area (Å²) in [5, 5.41) is 10.9. The van der Waals surface area contributed by atoms with Crippen LogP contribution in [0.25, 0.3) is 11.0 Å². The Hall–Kier alpha value is -1.33. The van der Waals surface area contributed by atoms with Crippen molar-refractivity contribution < 1.29 is 17.9 Å². The molecule has 1 saturated carbocycles. The minimum absolute atomic E-state index is 0.363. The predicted octanol–water partition coefficient (Wildman–Crippen LogP) is 2.22. The molecule has 1 aliphatic rings. The first-order valence-corrected chi connectivity index (χ1v) is 8.27. The van der Waals surface area contributed by atoms with Crippen LogP contribution in [0.4, 0.5) is 0 Å². The minimum atomic E-state index is -3.31. The number of aliphatic hydroxyl groups is 1. The van der Waals surface area contributed by atoms with Gasteiger partial charge in [0.2, 0.25) is 0 Å². The highest BCUT2D eigenvalue weighted by molar-refractivity contribution is 7.91. The molecular weight excluding hydrogens is 264 g/mol. The number of benzene rings is 1. The normalized spacial score (nSPS) is 28.0. The maximum Gasteiger partial charge on any atom is 0.153 e. The number of hydrogen-bond donors (Lipinski definition) is 1. The molecule has 5 heteroatoms. The van der Waals surface area contributed by atoms with Gasteiger partial charge in [0.1, 0.15) is 16.9 Å². The molecule has 0 radical (unpaired) electrons. The van der Waals surface area contributed by atoms with Gasteiger partial charge in [-0.25, -0.2) is 8.42 Å². The second-order valence-electron chi connectivity index (χ2n) is 5.28. The van der Waals surface area contributed by atoms with E-state index in [9.17, 15) is 13.5 Å². The Morgan fingerprint density at radius 2 is 2.11 bits per heavy atom. The van der Waals surface area contributed by atoms with Crippen LogP contribution in [0.2, 0.25) is 0 Å². The number of furan rings is 1. The zero-order valence-electron chi connectivity index (χ0n) is 10.7. The maximum atomic E-state index is 11.8. The van der Waals surface area contributed by atoms with Crippen LogP contribution in [0.1, 0.15) is 25.0 Å². The summed E-state index contributed by atoms with van der Waals surface area (Å²) in [5.74, 6) is 0.363. The van der Waals surface area contributed by atoms with Crippen LogP contribution >= 0.6 is 0 Å². The van der Waals surface area contributed by atoms with E-state index >= 15 is 0 Å². The van der Waals surface area contributed by atoms with Gasteiger partial charge < -0.3 is 9.52 Å². The summed E-state index contributed by atoms with van der Waals surface area (Å²) in [4.78, 5) is 0. The molecule has 2 aromatic rings. The monoisotopic (exact) mass is 280 g/mol. The minimum Gasteiger partial charge on any atom is -0.458 e. The first kappa shape index (κ1) is 12.7. The predicted molar refractivity (Wildman–Crippen MR) is 72.6 cm³/mol. The van der Waals surface area contributed by atoms with E-state index in [1.165, 1.54) is 6.26 Å². The number of sulfone groups is 1. The fraction of sp³-hybridized carbons (Fsp3) is 0.429. The van der Waals surface area contributed by atoms with Gasteiger partial charge >= 0.3 is 0 Å². The van der Waals surface area contributed by atoms with Gasteiger partial charge in [-0.2, -0.15) is 0 Å². The first-order chi connectivity index (χ1) is 8.91. The largest absolute Gasteiger partial charge is 0.458 e. The van der Waals surface area contributed by atoms with Crippen molar-refractivity contribution in [3.8, 4) is 0 Å². The summed E-state index contributed by atoms with van der Waals surface area (Å²) in [6.45, 7) is 0. The molecule has 1 heterocycles. The Morgan fingerprint density at radius 3 is 2.79 bits per heavy atom. The van der Waals surface area contributed by atoms with Gasteiger partial charge in [-0.1, -0.05) is 18.2 Å². The lowest BCUT2D eigenvalue weighted by Gasteiger charge is -2.26. The van der Waals surface area contributed by atoms with Gasteiger partial charge in [0.05, 0.1) is 5.25 Å². The smallest absolute Gasteiger partial charge is 0.153 e. The van der Waals surface area contributed by atoms with E-state index < -0.39 is 20.7 Å². The molecule has 1 N–H and O–H groups in total. The second-order valence-corrected chi connectivity index (χ2v) is 7.51. The molecule has 0 amide bonds. The van der Waals surface area contributed by atoms with Crippen molar-refractivity contribution in [2.45, 2.75) is 30.1 Å². The molecule has 0 saturated heterocycles. The molecule has 1 aliphatic carbocycles. The lowest BCUT2D eigenvalue weighted by molar-refractivity contribution is 0.0267. The topological polar surface area (TPSA) is 67.5 Å². The summed E-state index contributed by atoms with van der Waals surface area (Å²) < 4.78 is 29.3. The van der Waals surface area contributed by atoms with Crippen LogP contribution in [-0.4, -0.2) is 25.0 Å². The third kappa shape index (κ3) is 1.97. The molecule has 19 heavy (non-hydrogen) atoms. The van der Waals surface area contributed by atoms with Gasteiger partial charge in [0.25, 0.3) is 0 Å². The highest BCUT2D eigenvalue weighted by Gasteiger charge is 2.50. The van der Waals surface area contributed by atoms with Gasteiger partial charge in [-0.15, -0.1) is 0 Å². The molecule has 3 rings (SSSR count). The SMILES string of the molecule is CS(=O)(=O)C1CCCC1(O)c1cc2ccccc2o1. The zero-order valence-corrected chi connectivity index (χ0v) is 11.5. The molecule has 2 unspecified atom stereocenters. The van der Waals surface area contributed by atoms with E-state index in [1.807, 2.05) is 24.3 Å². The first-order valence-electron chi connectivity index (χ1n) is 6.31. The van der Waals surface area contributed by atoms with Crippen LogP contribution in [0.5, 0.6) is 0 Å². The van der Waals surface area contributed by atoms with Gasteiger partial charge in [-0.05, 0) is 31.4 Å². The average molecular weight is 280 g/mol. The van der Waals surface area contributed by atoms with Crippen LogP contribution in [0.3, 0.4) is 0 Å². The van der Waals surface area contributed by atoms with Crippen molar-refractivity contribution in [1.82, 2.24) is 0 Å². The summed E-state index contributed by atoms with van der Waals surface area (Å²) in [6, 6.07) is 9.18. The summed E-state index contributed by atoms with van der Waals surface area (Å²) in [6.07, 6.45) is 2.76. The molecule has 102 valence electrons. The number of rotatable bonds is 2. The van der Waals surface area contributed by atoms with Crippen molar-refractivity contribution in [1.29, 1.82) is 0 Å². The zero-order chi connectivity index (χ0) is 13.7. The standard InChI is InChI=1S/C14H16O4S/c1-19(16,17)13-7-4-8-14(13,15)12-9-10-5-2-3-6-11(10)18-12/h2-3,5-6,9,13,15H,4,7-8H2,1H3. The van der Waals surface area contributed by atoms with Gasteiger partial charge in [-0.3, -0.25) is 0 Å². The summed E-state index contributed by atoms with van der Waals surface area (Å²) in [7, 11) is -3.31. The Balaban J connectivity index is 2.13. The summed E-state index contributed by atoms with van der Waals surface area (Å²) in [5.41, 5.74) is -0.725. The number of para-hydroxylation sites is 1. The quantitative estimate of drug-likeness (QED) is 0.916. The molecule has 4 nitrogen and oxygen atoms in total. The fourth-order valence-corrected chi connectivity index (χ4v) is 4.54. The Bertz CT molecular complexity index is 683. The second kappa shape index (κ2) is 4.08. The van der Waals surface area contributed by atoms with Crippen molar-refractivity contribution >= 4 is 20.8 Å². The maximum absolute atomic E-state index is 11.8. The lowest BCUT2D eigenvalue weighted by Crippen LogP contribution is -2.39. The Kier molecular flexibility index (Phi) is 2.73. The highest BCUT2D eigenvalue weighted by atomic mass is 32.2. The van der Waals surface area contributed by atoms with Crippen LogP contribution in [-0.2, 0) is 15.4 Å². The van der Waals surface area contributed by atoms with Crippen molar-refractivity contribution in [2.75, 3.05) is 6.26 Å². The third-order valence-electron chi connectivity index (χ3n) is 3.93. The third-order valence-corrected chi connectivity index (χ3v) is 5.59. The molecule has 2 atom stereocenters. The van der Waals surface area contributed by atoms with Gasteiger partial charge in [0.15, 0.2) is 9.84 Å². The van der Waals surface area contributed by atoms with Crippen molar-refractivity contribution in [3.63, 3.8) is 0 Å². The molecule has 0 bridgehead atoms. The van der Waals surface area contributed by atoms with Crippen LogP contribution < -0.4 is 0 Å². The molecule has 0 aliphatic heterocycles. The molecule has 1 aromatic heterocycles. The van der Waals surface area contributed by atoms with Gasteiger partial charge in [0, 0.05) is 11.6 Å². The number of fused-ring (bicyclic) bond motifs is 1. The van der Waals surface area contributed by atoms with Crippen LogP contribution in [0, 0.1) is 0 Å². The van der Waals surface area contributed by atoms with E-state index in [0.29, 0.717) is 30.6 Å². The number of hydrogen-bond acceptors (Lipinski definition) is 4. The summed E-state index contributed by atoms with van der Waals surface area (Å²) >= 11 is 0. The van der Waals surface area contributed by atoms with E-state index in [2.05, 4.69) is 0 Å². The molecule has 1 aromatic carbocycles. The highest BCUT2D eigenvalue weighted by Crippen LogP contribution is 2.44. The Labute approximate surface area is 112 Å². The lowest BCUT2D eigenvalue weighted by atomic mass is 9.98. The fourth-order valence-electron chi connectivity index (χ4n) is 3.00. The van der Waals surface area contributed by atoms with E-state index in [-0.39, 0.29) is 0 Å². The van der Waals surface area contributed by atoms with Crippen LogP contribution in [0.15, 0.2) is 34.7 Å². The molecular formula is C14H16O4S. The van der Waals surface area contributed by atoms with E-state index in [0.717, 1.165) is 5.39 Å². The molecule has 1 fully saturated rings. The average Bonchev–Trinajstić information content (AvgIpc) is 2.91. The van der Waals surface area contributed by atoms with E-state index in [1.54, 1.807) is 6.07 Å². The molecule has 0 spiro atoms. The Morgan fingerprint density at radius 1 is 1.37 bits per heavy atom. The van der Waals surface area contributed by atoms with Crippen molar-refractivity contribution in [3.05, 3.63) is 36.1 Å². The van der Waals surface area contributed by atoms with E-state index in [4.69, 9.17) is 4.42 Å². The van der Waals surface area contributed by atoms with Crippen molar-refractivity contribution in [2.24, 2.45) is 0 Å².